The fourth-order valence-electron chi connectivity index (χ4n) is 2.74. The molecule has 1 aliphatic heterocycles. The molecular weight excluding hydrogens is 332 g/mol. The van der Waals surface area contributed by atoms with Gasteiger partial charge in [0.25, 0.3) is 5.91 Å². The first-order chi connectivity index (χ1) is 11.1. The highest BCUT2D eigenvalue weighted by Crippen LogP contribution is 2.22. The molecule has 0 spiro atoms. The van der Waals surface area contributed by atoms with E-state index in [0.29, 0.717) is 23.8 Å². The predicted molar refractivity (Wildman–Crippen MR) is 93.0 cm³/mol. The molecule has 1 N–H and O–H groups in total. The van der Waals surface area contributed by atoms with Crippen LogP contribution in [0.5, 0.6) is 0 Å². The fourth-order valence-corrected chi connectivity index (χ4v) is 3.62. The average molecular weight is 349 g/mol. The third kappa shape index (κ3) is 3.92. The Bertz CT molecular complexity index is 702. The number of nitrogens with zero attached hydrogens (tertiary/aromatic N) is 1. The van der Waals surface area contributed by atoms with Crippen molar-refractivity contribution in [1.82, 2.24) is 4.90 Å². The Hall–Kier alpha value is -1.85. The van der Waals surface area contributed by atoms with Gasteiger partial charge < -0.3 is 10.2 Å². The maximum atomic E-state index is 12.4. The lowest BCUT2D eigenvalue weighted by molar-refractivity contribution is -0.121. The molecule has 23 heavy (non-hydrogen) atoms. The van der Waals surface area contributed by atoms with E-state index in [0.717, 1.165) is 17.7 Å². The first kappa shape index (κ1) is 16.0. The Morgan fingerprint density at radius 1 is 1.26 bits per heavy atom. The van der Waals surface area contributed by atoms with Crippen molar-refractivity contribution >= 4 is 40.4 Å². The number of anilines is 1. The number of halogens is 1. The van der Waals surface area contributed by atoms with Crippen LogP contribution in [0.1, 0.15) is 22.5 Å². The Labute approximate surface area is 144 Å². The van der Waals surface area contributed by atoms with E-state index >= 15 is 0 Å². The molecule has 3 rings (SSSR count). The van der Waals surface area contributed by atoms with Gasteiger partial charge in [-0.1, -0.05) is 23.7 Å². The van der Waals surface area contributed by atoms with E-state index in [1.807, 2.05) is 17.5 Å². The van der Waals surface area contributed by atoms with E-state index in [9.17, 15) is 9.59 Å². The van der Waals surface area contributed by atoms with Crippen molar-refractivity contribution in [3.8, 4) is 0 Å². The molecular formula is C17H17ClN2O2S. The van der Waals surface area contributed by atoms with Crippen LogP contribution in [0.15, 0.2) is 41.8 Å². The van der Waals surface area contributed by atoms with Gasteiger partial charge in [-0.2, -0.15) is 0 Å². The third-order valence-electron chi connectivity index (χ3n) is 3.90. The summed E-state index contributed by atoms with van der Waals surface area (Å²) in [5.74, 6) is -0.233. The molecule has 4 nitrogen and oxygen atoms in total. The minimum absolute atomic E-state index is 0.0141. The largest absolute Gasteiger partial charge is 0.337 e. The van der Waals surface area contributed by atoms with Crippen LogP contribution in [0.3, 0.4) is 0 Å². The number of nitrogens with one attached hydrogen (secondary N) is 1. The quantitative estimate of drug-likeness (QED) is 0.914. The summed E-state index contributed by atoms with van der Waals surface area (Å²) in [7, 11) is 0. The standard InChI is InChI=1S/C17H17ClN2O2S/c18-13-5-1-6-14(10-13)19-16(21)12-4-2-8-20(11-12)17(22)15-7-3-9-23-15/h1,3,5-7,9-10,12H,2,4,8,11H2,(H,19,21)/t12-/m1/s1. The zero-order valence-corrected chi connectivity index (χ0v) is 14.1. The molecule has 1 fully saturated rings. The number of benzene rings is 1. The molecule has 1 saturated heterocycles. The van der Waals surface area contributed by atoms with Gasteiger partial charge in [0.05, 0.1) is 10.8 Å². The first-order valence-electron chi connectivity index (χ1n) is 7.52. The van der Waals surface area contributed by atoms with Crippen LogP contribution in [0.25, 0.3) is 0 Å². The van der Waals surface area contributed by atoms with Crippen LogP contribution >= 0.6 is 22.9 Å². The molecule has 6 heteroatoms. The summed E-state index contributed by atoms with van der Waals surface area (Å²) >= 11 is 7.36. The fraction of sp³-hybridized carbons (Fsp3) is 0.294. The molecule has 0 radical (unpaired) electrons. The van der Waals surface area contributed by atoms with Gasteiger partial charge in [0.2, 0.25) is 5.91 Å². The molecule has 0 unspecified atom stereocenters. The number of carbonyl (C=O) groups excluding carboxylic acids is 2. The molecule has 1 atom stereocenters. The summed E-state index contributed by atoms with van der Waals surface area (Å²) in [6.45, 7) is 1.17. The number of thiophene rings is 1. The van der Waals surface area contributed by atoms with Crippen LogP contribution in [-0.4, -0.2) is 29.8 Å². The zero-order chi connectivity index (χ0) is 16.2. The predicted octanol–water partition coefficient (Wildman–Crippen LogP) is 3.89. The lowest BCUT2D eigenvalue weighted by Crippen LogP contribution is -2.43. The summed E-state index contributed by atoms with van der Waals surface area (Å²) in [4.78, 5) is 27.4. The summed E-state index contributed by atoms with van der Waals surface area (Å²) in [5.41, 5.74) is 0.684. The van der Waals surface area contributed by atoms with E-state index in [4.69, 9.17) is 11.6 Å². The topological polar surface area (TPSA) is 49.4 Å². The maximum Gasteiger partial charge on any atom is 0.263 e. The number of rotatable bonds is 3. The molecule has 0 saturated carbocycles. The van der Waals surface area contributed by atoms with Crippen molar-refractivity contribution in [3.05, 3.63) is 51.7 Å². The highest BCUT2D eigenvalue weighted by atomic mass is 35.5. The number of carbonyl (C=O) groups is 2. The Morgan fingerprint density at radius 3 is 2.87 bits per heavy atom. The number of amides is 2. The van der Waals surface area contributed by atoms with Crippen LogP contribution in [-0.2, 0) is 4.79 Å². The second-order valence-electron chi connectivity index (χ2n) is 5.57. The van der Waals surface area contributed by atoms with Crippen molar-refractivity contribution in [3.63, 3.8) is 0 Å². The van der Waals surface area contributed by atoms with E-state index in [1.165, 1.54) is 11.3 Å². The molecule has 2 amide bonds. The second kappa shape index (κ2) is 7.15. The molecule has 2 heterocycles. The van der Waals surface area contributed by atoms with Crippen molar-refractivity contribution in [1.29, 1.82) is 0 Å². The van der Waals surface area contributed by atoms with E-state index in [2.05, 4.69) is 5.32 Å². The minimum Gasteiger partial charge on any atom is -0.337 e. The van der Waals surface area contributed by atoms with E-state index < -0.39 is 0 Å². The highest BCUT2D eigenvalue weighted by Gasteiger charge is 2.29. The Morgan fingerprint density at radius 2 is 2.13 bits per heavy atom. The van der Waals surface area contributed by atoms with Crippen LogP contribution < -0.4 is 5.32 Å². The minimum atomic E-state index is -0.188. The zero-order valence-electron chi connectivity index (χ0n) is 12.5. The summed E-state index contributed by atoms with van der Waals surface area (Å²) < 4.78 is 0. The first-order valence-corrected chi connectivity index (χ1v) is 8.78. The maximum absolute atomic E-state index is 12.4. The Balaban J connectivity index is 1.64. The summed E-state index contributed by atoms with van der Waals surface area (Å²) in [6.07, 6.45) is 1.63. The number of piperidine rings is 1. The molecule has 120 valence electrons. The average Bonchev–Trinajstić information content (AvgIpc) is 3.09. The summed E-state index contributed by atoms with van der Waals surface area (Å²) in [6, 6.07) is 10.8. The van der Waals surface area contributed by atoms with Gasteiger partial charge in [-0.25, -0.2) is 0 Å². The van der Waals surface area contributed by atoms with Crippen LogP contribution in [0.4, 0.5) is 5.69 Å². The van der Waals surface area contributed by atoms with Gasteiger partial charge in [-0.3, -0.25) is 9.59 Å². The SMILES string of the molecule is O=C(Nc1cccc(Cl)c1)[C@@H]1CCCN(C(=O)c2cccs2)C1. The normalized spacial score (nSPS) is 17.8. The molecule has 1 aromatic heterocycles. The van der Waals surface area contributed by atoms with Crippen molar-refractivity contribution < 1.29 is 9.59 Å². The molecule has 1 aliphatic rings. The molecule has 2 aromatic rings. The molecule has 0 bridgehead atoms. The van der Waals surface area contributed by atoms with Gasteiger partial charge in [0.15, 0.2) is 0 Å². The van der Waals surface area contributed by atoms with Crippen molar-refractivity contribution in [2.75, 3.05) is 18.4 Å². The van der Waals surface area contributed by atoms with Crippen LogP contribution in [0, 0.1) is 5.92 Å². The van der Waals surface area contributed by atoms with Crippen molar-refractivity contribution in [2.45, 2.75) is 12.8 Å². The molecule has 1 aromatic carbocycles. The monoisotopic (exact) mass is 348 g/mol. The van der Waals surface area contributed by atoms with Gasteiger partial charge in [-0.05, 0) is 42.5 Å². The van der Waals surface area contributed by atoms with Gasteiger partial charge in [-0.15, -0.1) is 11.3 Å². The van der Waals surface area contributed by atoms with Gasteiger partial charge in [0.1, 0.15) is 0 Å². The van der Waals surface area contributed by atoms with Crippen LogP contribution in [0.2, 0.25) is 5.02 Å². The summed E-state index contributed by atoms with van der Waals surface area (Å²) in [5, 5.41) is 5.36. The number of hydrogen-bond donors (Lipinski definition) is 1. The van der Waals surface area contributed by atoms with Gasteiger partial charge in [0, 0.05) is 23.8 Å². The number of likely N-dealkylation sites (tertiary alicyclic amines) is 1. The third-order valence-corrected chi connectivity index (χ3v) is 5.00. The van der Waals surface area contributed by atoms with E-state index in [1.54, 1.807) is 29.2 Å². The number of hydrogen-bond acceptors (Lipinski definition) is 3. The lowest BCUT2D eigenvalue weighted by atomic mass is 9.97. The molecule has 0 aliphatic carbocycles. The Kier molecular flexibility index (Phi) is 4.98. The second-order valence-corrected chi connectivity index (χ2v) is 6.95. The van der Waals surface area contributed by atoms with E-state index in [-0.39, 0.29) is 17.7 Å². The lowest BCUT2D eigenvalue weighted by Gasteiger charge is -2.31. The highest BCUT2D eigenvalue weighted by molar-refractivity contribution is 7.12. The van der Waals surface area contributed by atoms with Gasteiger partial charge >= 0.3 is 0 Å². The van der Waals surface area contributed by atoms with Crippen molar-refractivity contribution in [2.24, 2.45) is 5.92 Å². The smallest absolute Gasteiger partial charge is 0.263 e.